The third-order valence-electron chi connectivity index (χ3n) is 7.62. The van der Waals surface area contributed by atoms with Crippen LogP contribution < -0.4 is 0 Å². The van der Waals surface area contributed by atoms with E-state index in [1.54, 1.807) is 0 Å². The van der Waals surface area contributed by atoms with Crippen LogP contribution in [0.4, 0.5) is 0 Å². The minimum absolute atomic E-state index is 0.616. The van der Waals surface area contributed by atoms with Gasteiger partial charge in [-0.2, -0.15) is 0 Å². The van der Waals surface area contributed by atoms with Crippen LogP contribution in [0.1, 0.15) is 79.1 Å². The first kappa shape index (κ1) is 15.4. The molecule has 2 fully saturated rings. The van der Waals surface area contributed by atoms with Crippen LogP contribution in [0, 0.1) is 16.2 Å². The number of likely N-dealkylation sites (tertiary alicyclic amines) is 1. The molecular formula is C18H35N. The van der Waals surface area contributed by atoms with E-state index in [1.165, 1.54) is 64.5 Å². The van der Waals surface area contributed by atoms with Crippen LogP contribution in [0.3, 0.4) is 0 Å². The second-order valence-electron chi connectivity index (χ2n) is 7.36. The Balaban J connectivity index is 2.40. The molecule has 1 saturated carbocycles. The van der Waals surface area contributed by atoms with Crippen molar-refractivity contribution in [2.75, 3.05) is 20.1 Å². The van der Waals surface area contributed by atoms with E-state index in [1.807, 2.05) is 0 Å². The lowest BCUT2D eigenvalue weighted by atomic mass is 9.49. The van der Waals surface area contributed by atoms with Crippen molar-refractivity contribution in [1.82, 2.24) is 4.90 Å². The molecule has 0 N–H and O–H groups in total. The van der Waals surface area contributed by atoms with E-state index >= 15 is 0 Å². The number of rotatable bonds is 4. The summed E-state index contributed by atoms with van der Waals surface area (Å²) in [4.78, 5) is 2.54. The second-order valence-corrected chi connectivity index (χ2v) is 7.36. The van der Waals surface area contributed by atoms with Crippen molar-refractivity contribution in [2.24, 2.45) is 16.2 Å². The van der Waals surface area contributed by atoms with Crippen LogP contribution in [-0.2, 0) is 0 Å². The molecule has 1 aliphatic carbocycles. The summed E-state index contributed by atoms with van der Waals surface area (Å²) >= 11 is 0. The van der Waals surface area contributed by atoms with Crippen molar-refractivity contribution < 1.29 is 0 Å². The van der Waals surface area contributed by atoms with Crippen molar-refractivity contribution >= 4 is 0 Å². The standard InChI is InChI=1S/C18H35N/c1-6-16(7-2)10-11-17(18(16,8-3)9-4)12-14-19(5)15-13-17/h6-15H2,1-5H3. The van der Waals surface area contributed by atoms with Crippen LogP contribution in [0.25, 0.3) is 0 Å². The molecule has 0 aromatic heterocycles. The fraction of sp³-hybridized carbons (Fsp3) is 1.00. The highest BCUT2D eigenvalue weighted by atomic mass is 15.1. The van der Waals surface area contributed by atoms with Crippen LogP contribution in [-0.4, -0.2) is 25.0 Å². The van der Waals surface area contributed by atoms with Crippen molar-refractivity contribution in [1.29, 1.82) is 0 Å². The molecule has 0 aromatic carbocycles. The smallest absolute Gasteiger partial charge is 0.00163 e. The highest BCUT2D eigenvalue weighted by Crippen LogP contribution is 2.71. The fourth-order valence-corrected chi connectivity index (χ4v) is 6.33. The van der Waals surface area contributed by atoms with Crippen molar-refractivity contribution in [3.63, 3.8) is 0 Å². The average Bonchev–Trinajstić information content (AvgIpc) is 2.73. The lowest BCUT2D eigenvalue weighted by Gasteiger charge is -2.57. The molecule has 1 saturated heterocycles. The molecule has 1 heterocycles. The number of hydrogen-bond acceptors (Lipinski definition) is 1. The Morgan fingerprint density at radius 3 is 1.68 bits per heavy atom. The normalized spacial score (nSPS) is 28.9. The first-order chi connectivity index (χ1) is 9.05. The molecule has 0 amide bonds. The predicted octanol–water partition coefficient (Wildman–Crippen LogP) is 5.11. The van der Waals surface area contributed by atoms with Gasteiger partial charge in [0.2, 0.25) is 0 Å². The third kappa shape index (κ3) is 1.91. The van der Waals surface area contributed by atoms with E-state index in [0.717, 1.165) is 0 Å². The Bertz CT molecular complexity index is 291. The van der Waals surface area contributed by atoms with Gasteiger partial charge in [0.25, 0.3) is 0 Å². The second kappa shape index (κ2) is 5.39. The van der Waals surface area contributed by atoms with Crippen LogP contribution >= 0.6 is 0 Å². The minimum Gasteiger partial charge on any atom is -0.306 e. The summed E-state index contributed by atoms with van der Waals surface area (Å²) in [6.07, 6.45) is 11.5. The Morgan fingerprint density at radius 2 is 1.26 bits per heavy atom. The molecule has 19 heavy (non-hydrogen) atoms. The summed E-state index contributed by atoms with van der Waals surface area (Å²) in [5.41, 5.74) is 1.91. The molecule has 0 atom stereocenters. The summed E-state index contributed by atoms with van der Waals surface area (Å²) in [7, 11) is 2.30. The van der Waals surface area contributed by atoms with E-state index in [0.29, 0.717) is 16.2 Å². The van der Waals surface area contributed by atoms with Gasteiger partial charge in [0.05, 0.1) is 0 Å². The topological polar surface area (TPSA) is 3.24 Å². The molecule has 2 rings (SSSR count). The Labute approximate surface area is 121 Å². The molecule has 0 bridgehead atoms. The molecule has 1 aliphatic heterocycles. The van der Waals surface area contributed by atoms with Gasteiger partial charge in [0, 0.05) is 0 Å². The molecule has 0 unspecified atom stereocenters. The van der Waals surface area contributed by atoms with E-state index in [2.05, 4.69) is 39.6 Å². The zero-order valence-electron chi connectivity index (χ0n) is 14.0. The molecule has 0 aromatic rings. The minimum atomic E-state index is 0.616. The SMILES string of the molecule is CCC1(CC)CCC2(CCN(C)CC2)C1(CC)CC. The molecule has 0 radical (unpaired) electrons. The summed E-state index contributed by atoms with van der Waals surface area (Å²) in [5.74, 6) is 0. The quantitative estimate of drug-likeness (QED) is 0.683. The van der Waals surface area contributed by atoms with Gasteiger partial charge in [0.1, 0.15) is 0 Å². The molecule has 112 valence electrons. The summed E-state index contributed by atoms with van der Waals surface area (Å²) in [5, 5.41) is 0. The molecule has 1 heteroatoms. The first-order valence-electron chi connectivity index (χ1n) is 8.74. The summed E-state index contributed by atoms with van der Waals surface area (Å²) < 4.78 is 0. The van der Waals surface area contributed by atoms with E-state index in [-0.39, 0.29) is 0 Å². The largest absolute Gasteiger partial charge is 0.306 e. The van der Waals surface area contributed by atoms with Crippen molar-refractivity contribution in [2.45, 2.75) is 79.1 Å². The molecular weight excluding hydrogens is 230 g/mol. The van der Waals surface area contributed by atoms with Gasteiger partial charge < -0.3 is 4.90 Å². The van der Waals surface area contributed by atoms with Crippen LogP contribution in [0.2, 0.25) is 0 Å². The zero-order valence-corrected chi connectivity index (χ0v) is 14.0. The van der Waals surface area contributed by atoms with Gasteiger partial charge in [-0.1, -0.05) is 27.7 Å². The summed E-state index contributed by atoms with van der Waals surface area (Å²) in [6, 6.07) is 0. The number of hydrogen-bond donors (Lipinski definition) is 0. The van der Waals surface area contributed by atoms with Gasteiger partial charge in [0.15, 0.2) is 0 Å². The van der Waals surface area contributed by atoms with Gasteiger partial charge in [-0.15, -0.1) is 0 Å². The average molecular weight is 265 g/mol. The van der Waals surface area contributed by atoms with Gasteiger partial charge in [-0.25, -0.2) is 0 Å². The Hall–Kier alpha value is -0.0400. The van der Waals surface area contributed by atoms with Gasteiger partial charge in [-0.3, -0.25) is 0 Å². The maximum atomic E-state index is 2.54. The fourth-order valence-electron chi connectivity index (χ4n) is 6.33. The zero-order chi connectivity index (χ0) is 14.1. The van der Waals surface area contributed by atoms with Gasteiger partial charge in [-0.05, 0) is 87.7 Å². The van der Waals surface area contributed by atoms with E-state index < -0.39 is 0 Å². The highest BCUT2D eigenvalue weighted by Gasteiger charge is 2.63. The number of piperidine rings is 1. The maximum Gasteiger partial charge on any atom is -0.00163 e. The lowest BCUT2D eigenvalue weighted by molar-refractivity contribution is -0.0748. The van der Waals surface area contributed by atoms with Crippen molar-refractivity contribution in [3.8, 4) is 0 Å². The third-order valence-corrected chi connectivity index (χ3v) is 7.62. The van der Waals surface area contributed by atoms with Crippen LogP contribution in [0.5, 0.6) is 0 Å². The van der Waals surface area contributed by atoms with Gasteiger partial charge >= 0.3 is 0 Å². The summed E-state index contributed by atoms with van der Waals surface area (Å²) in [6.45, 7) is 12.5. The first-order valence-corrected chi connectivity index (χ1v) is 8.74. The maximum absolute atomic E-state index is 2.54. The van der Waals surface area contributed by atoms with E-state index in [9.17, 15) is 0 Å². The molecule has 1 nitrogen and oxygen atoms in total. The lowest BCUT2D eigenvalue weighted by Crippen LogP contribution is -2.51. The Kier molecular flexibility index (Phi) is 4.35. The molecule has 1 spiro atoms. The Morgan fingerprint density at radius 1 is 0.737 bits per heavy atom. The molecule has 2 aliphatic rings. The van der Waals surface area contributed by atoms with Crippen molar-refractivity contribution in [3.05, 3.63) is 0 Å². The monoisotopic (exact) mass is 265 g/mol. The van der Waals surface area contributed by atoms with E-state index in [4.69, 9.17) is 0 Å². The highest BCUT2D eigenvalue weighted by molar-refractivity contribution is 5.13. The predicted molar refractivity (Wildman–Crippen MR) is 84.4 cm³/mol. The van der Waals surface area contributed by atoms with Crippen LogP contribution in [0.15, 0.2) is 0 Å². The number of nitrogens with zero attached hydrogens (tertiary/aromatic N) is 1.